The third-order valence-electron chi connectivity index (χ3n) is 5.30. The topological polar surface area (TPSA) is 38.1 Å². The van der Waals surface area contributed by atoms with Crippen LogP contribution < -0.4 is 0 Å². The van der Waals surface area contributed by atoms with Gasteiger partial charge in [-0.1, -0.05) is 24.3 Å². The summed E-state index contributed by atoms with van der Waals surface area (Å²) < 4.78 is 16.2. The first-order valence-corrected chi connectivity index (χ1v) is 9.95. The summed E-state index contributed by atoms with van der Waals surface area (Å²) in [4.78, 5) is 15.8. The number of thiophene rings is 1. The molecule has 3 heterocycles. The minimum absolute atomic E-state index is 0.00926. The van der Waals surface area contributed by atoms with Crippen LogP contribution >= 0.6 is 11.3 Å². The van der Waals surface area contributed by atoms with Crippen LogP contribution in [0, 0.1) is 5.82 Å². The molecule has 0 fully saturated rings. The lowest BCUT2D eigenvalue weighted by atomic mass is 9.86. The zero-order valence-electron chi connectivity index (χ0n) is 15.3. The molecule has 1 aliphatic rings. The summed E-state index contributed by atoms with van der Waals surface area (Å²) in [5.74, 6) is -0.202. The van der Waals surface area contributed by atoms with Crippen LogP contribution in [0.5, 0.6) is 0 Å². The number of amides is 1. The third-order valence-corrected chi connectivity index (χ3v) is 6.40. The number of nitrogens with zero attached hydrogens (tertiary/aromatic N) is 3. The standard InChI is InChI=1S/C22H18FN3OS/c1-25-11-16(10-24-25)19-13-26(12-14-4-2-3-5-18(14)19)22(27)21-9-15-8-17(23)6-7-20(15)28-21/h2-11,19H,12-13H2,1H3. The number of fused-ring (bicyclic) bond motifs is 2. The van der Waals surface area contributed by atoms with E-state index >= 15 is 0 Å². The number of carbonyl (C=O) groups excluding carboxylic acids is 1. The highest BCUT2D eigenvalue weighted by molar-refractivity contribution is 7.20. The molecule has 4 aromatic rings. The highest BCUT2D eigenvalue weighted by Crippen LogP contribution is 2.35. The van der Waals surface area contributed by atoms with Gasteiger partial charge in [0.1, 0.15) is 5.82 Å². The fourth-order valence-corrected chi connectivity index (χ4v) is 4.95. The Morgan fingerprint density at radius 2 is 2.07 bits per heavy atom. The number of hydrogen-bond donors (Lipinski definition) is 0. The van der Waals surface area contributed by atoms with Crippen molar-refractivity contribution in [2.45, 2.75) is 12.5 Å². The van der Waals surface area contributed by atoms with Crippen molar-refractivity contribution < 1.29 is 9.18 Å². The number of halogens is 1. The molecule has 6 heteroatoms. The normalized spacial score (nSPS) is 16.4. The van der Waals surface area contributed by atoms with Crippen LogP contribution in [0.1, 0.15) is 32.3 Å². The summed E-state index contributed by atoms with van der Waals surface area (Å²) in [6, 6.07) is 14.7. The number of rotatable bonds is 2. The van der Waals surface area contributed by atoms with E-state index in [-0.39, 0.29) is 17.6 Å². The molecule has 0 saturated carbocycles. The van der Waals surface area contributed by atoms with Crippen LogP contribution in [-0.2, 0) is 13.6 Å². The molecule has 0 saturated heterocycles. The van der Waals surface area contributed by atoms with Crippen LogP contribution in [0.25, 0.3) is 10.1 Å². The quantitative estimate of drug-likeness (QED) is 0.502. The molecule has 0 spiro atoms. The van der Waals surface area contributed by atoms with E-state index < -0.39 is 0 Å². The van der Waals surface area contributed by atoms with Gasteiger partial charge in [-0.3, -0.25) is 9.48 Å². The highest BCUT2D eigenvalue weighted by atomic mass is 32.1. The maximum Gasteiger partial charge on any atom is 0.264 e. The van der Waals surface area contributed by atoms with E-state index in [1.165, 1.54) is 29.0 Å². The molecule has 0 bridgehead atoms. The second kappa shape index (κ2) is 6.56. The van der Waals surface area contributed by atoms with Crippen molar-refractivity contribution in [2.24, 2.45) is 7.05 Å². The van der Waals surface area contributed by atoms with Crippen molar-refractivity contribution in [1.29, 1.82) is 0 Å². The lowest BCUT2D eigenvalue weighted by molar-refractivity contribution is 0.0730. The fraction of sp³-hybridized carbons (Fsp3) is 0.182. The molecule has 0 N–H and O–H groups in total. The Balaban J connectivity index is 1.52. The van der Waals surface area contributed by atoms with Gasteiger partial charge >= 0.3 is 0 Å². The molecule has 5 rings (SSSR count). The molecule has 1 atom stereocenters. The average Bonchev–Trinajstić information content (AvgIpc) is 3.32. The van der Waals surface area contributed by atoms with Crippen LogP contribution in [0.15, 0.2) is 60.9 Å². The number of benzene rings is 2. The van der Waals surface area contributed by atoms with Gasteiger partial charge in [0, 0.05) is 37.0 Å². The smallest absolute Gasteiger partial charge is 0.264 e. The van der Waals surface area contributed by atoms with E-state index in [0.717, 1.165) is 21.2 Å². The van der Waals surface area contributed by atoms with Crippen molar-refractivity contribution >= 4 is 27.3 Å². The summed E-state index contributed by atoms with van der Waals surface area (Å²) >= 11 is 1.42. The second-order valence-corrected chi connectivity index (χ2v) is 8.26. The predicted molar refractivity (Wildman–Crippen MR) is 108 cm³/mol. The van der Waals surface area contributed by atoms with Crippen molar-refractivity contribution in [3.05, 3.63) is 88.3 Å². The molecule has 28 heavy (non-hydrogen) atoms. The lowest BCUT2D eigenvalue weighted by Gasteiger charge is -2.34. The first-order valence-electron chi connectivity index (χ1n) is 9.13. The van der Waals surface area contributed by atoms with Gasteiger partial charge in [0.25, 0.3) is 5.91 Å². The lowest BCUT2D eigenvalue weighted by Crippen LogP contribution is -2.38. The molecule has 1 unspecified atom stereocenters. The minimum atomic E-state index is -0.284. The molecular formula is C22H18FN3OS. The first kappa shape index (κ1) is 17.1. The van der Waals surface area contributed by atoms with E-state index in [9.17, 15) is 9.18 Å². The number of aromatic nitrogens is 2. The summed E-state index contributed by atoms with van der Waals surface area (Å²) in [6.07, 6.45) is 3.88. The molecule has 1 amide bonds. The summed E-state index contributed by atoms with van der Waals surface area (Å²) in [7, 11) is 1.90. The van der Waals surface area contributed by atoms with Crippen molar-refractivity contribution in [2.75, 3.05) is 6.54 Å². The molecule has 2 aromatic carbocycles. The molecule has 2 aromatic heterocycles. The summed E-state index contributed by atoms with van der Waals surface area (Å²) in [5.41, 5.74) is 3.51. The molecule has 140 valence electrons. The zero-order chi connectivity index (χ0) is 19.3. The van der Waals surface area contributed by atoms with Crippen LogP contribution in [-0.4, -0.2) is 27.1 Å². The molecular weight excluding hydrogens is 373 g/mol. The number of hydrogen-bond acceptors (Lipinski definition) is 3. The predicted octanol–water partition coefficient (Wildman–Crippen LogP) is 4.56. The Labute approximate surface area is 165 Å². The molecule has 1 aliphatic heterocycles. The zero-order valence-corrected chi connectivity index (χ0v) is 16.1. The maximum atomic E-state index is 13.5. The summed E-state index contributed by atoms with van der Waals surface area (Å²) in [5, 5.41) is 5.08. The number of aryl methyl sites for hydroxylation is 1. The van der Waals surface area contributed by atoms with Crippen molar-refractivity contribution in [3.63, 3.8) is 0 Å². The van der Waals surface area contributed by atoms with Crippen LogP contribution in [0.3, 0.4) is 0 Å². The molecule has 4 nitrogen and oxygen atoms in total. The first-order chi connectivity index (χ1) is 13.6. The van der Waals surface area contributed by atoms with Crippen molar-refractivity contribution in [3.8, 4) is 0 Å². The van der Waals surface area contributed by atoms with E-state index in [0.29, 0.717) is 18.0 Å². The van der Waals surface area contributed by atoms with E-state index in [4.69, 9.17) is 0 Å². The van der Waals surface area contributed by atoms with Gasteiger partial charge in [-0.05, 0) is 46.3 Å². The Morgan fingerprint density at radius 3 is 2.89 bits per heavy atom. The summed E-state index contributed by atoms with van der Waals surface area (Å²) in [6.45, 7) is 1.18. The highest BCUT2D eigenvalue weighted by Gasteiger charge is 2.30. The minimum Gasteiger partial charge on any atom is -0.333 e. The van der Waals surface area contributed by atoms with E-state index in [1.54, 1.807) is 16.8 Å². The van der Waals surface area contributed by atoms with Gasteiger partial charge in [0.15, 0.2) is 0 Å². The molecule has 0 aliphatic carbocycles. The second-order valence-electron chi connectivity index (χ2n) is 7.18. The third kappa shape index (κ3) is 2.90. The Morgan fingerprint density at radius 1 is 1.21 bits per heavy atom. The van der Waals surface area contributed by atoms with E-state index in [2.05, 4.69) is 17.2 Å². The Bertz CT molecular complexity index is 1200. The SMILES string of the molecule is Cn1cc(C2CN(C(=O)c3cc4cc(F)ccc4s3)Cc3ccccc32)cn1. The van der Waals surface area contributed by atoms with Gasteiger partial charge in [-0.15, -0.1) is 11.3 Å². The largest absolute Gasteiger partial charge is 0.333 e. The van der Waals surface area contributed by atoms with Gasteiger partial charge < -0.3 is 4.90 Å². The van der Waals surface area contributed by atoms with E-state index in [1.807, 2.05) is 36.5 Å². The van der Waals surface area contributed by atoms with Crippen molar-refractivity contribution in [1.82, 2.24) is 14.7 Å². The number of carbonyl (C=O) groups is 1. The Kier molecular flexibility index (Phi) is 4.02. The van der Waals surface area contributed by atoms with Gasteiger partial charge in [0.2, 0.25) is 0 Å². The average molecular weight is 391 g/mol. The van der Waals surface area contributed by atoms with Crippen LogP contribution in [0.2, 0.25) is 0 Å². The molecule has 0 radical (unpaired) electrons. The van der Waals surface area contributed by atoms with Gasteiger partial charge in [-0.25, -0.2) is 4.39 Å². The van der Waals surface area contributed by atoms with Crippen LogP contribution in [0.4, 0.5) is 4.39 Å². The van der Waals surface area contributed by atoms with Gasteiger partial charge in [0.05, 0.1) is 11.1 Å². The maximum absolute atomic E-state index is 13.5. The monoisotopic (exact) mass is 391 g/mol. The fourth-order valence-electron chi connectivity index (χ4n) is 3.94. The Hall–Kier alpha value is -2.99. The van der Waals surface area contributed by atoms with Gasteiger partial charge in [-0.2, -0.15) is 5.10 Å².